The fourth-order valence-corrected chi connectivity index (χ4v) is 6.66. The van der Waals surface area contributed by atoms with Crippen molar-refractivity contribution in [2.75, 3.05) is 13.7 Å². The van der Waals surface area contributed by atoms with Gasteiger partial charge in [-0.25, -0.2) is 0 Å². The monoisotopic (exact) mass is 590 g/mol. The zero-order valence-electron chi connectivity index (χ0n) is 26.9. The van der Waals surface area contributed by atoms with Crippen molar-refractivity contribution >= 4 is 28.6 Å². The second-order valence-electron chi connectivity index (χ2n) is 13.4. The van der Waals surface area contributed by atoms with Crippen LogP contribution in [-0.4, -0.2) is 48.5 Å². The Hall–Kier alpha value is -3.19. The van der Waals surface area contributed by atoms with Crippen molar-refractivity contribution in [3.05, 3.63) is 59.8 Å². The third-order valence-electron chi connectivity index (χ3n) is 9.21. The van der Waals surface area contributed by atoms with Crippen LogP contribution < -0.4 is 5.32 Å². The van der Waals surface area contributed by atoms with Gasteiger partial charge < -0.3 is 19.7 Å². The van der Waals surface area contributed by atoms with Crippen LogP contribution in [0.1, 0.15) is 91.5 Å². The molecule has 2 aromatic rings. The van der Waals surface area contributed by atoms with E-state index >= 15 is 0 Å². The van der Waals surface area contributed by atoms with Gasteiger partial charge in [-0.1, -0.05) is 102 Å². The Morgan fingerprint density at radius 3 is 2.47 bits per heavy atom. The summed E-state index contributed by atoms with van der Waals surface area (Å²) in [6.45, 7) is 11.3. The first-order chi connectivity index (χ1) is 20.5. The van der Waals surface area contributed by atoms with Gasteiger partial charge >= 0.3 is 5.97 Å². The van der Waals surface area contributed by atoms with Crippen LogP contribution >= 0.6 is 0 Å². The summed E-state index contributed by atoms with van der Waals surface area (Å²) in [7, 11) is 1.39. The molecule has 2 aliphatic heterocycles. The molecule has 2 aliphatic rings. The Bertz CT molecular complexity index is 1320. The molecule has 2 aromatic carbocycles. The number of esters is 1. The second kappa shape index (κ2) is 14.1. The molecule has 0 saturated carbocycles. The summed E-state index contributed by atoms with van der Waals surface area (Å²) in [4.78, 5) is 43.0. The number of hydrogen-bond acceptors (Lipinski definition) is 5. The highest BCUT2D eigenvalue weighted by molar-refractivity contribution is 5.93. The lowest BCUT2D eigenvalue weighted by Gasteiger charge is -2.53. The van der Waals surface area contributed by atoms with E-state index in [1.807, 2.05) is 43.3 Å². The smallest absolute Gasteiger partial charge is 0.320 e. The molecule has 0 aromatic heterocycles. The summed E-state index contributed by atoms with van der Waals surface area (Å²) in [5, 5.41) is 5.24. The van der Waals surface area contributed by atoms with Crippen LogP contribution in [0.2, 0.25) is 0 Å². The molecule has 0 radical (unpaired) electrons. The number of amides is 2. The molecule has 7 heteroatoms. The molecule has 0 spiro atoms. The first-order valence-corrected chi connectivity index (χ1v) is 16.0. The van der Waals surface area contributed by atoms with Gasteiger partial charge in [0, 0.05) is 31.1 Å². The molecule has 43 heavy (non-hydrogen) atoms. The lowest BCUT2D eigenvalue weighted by atomic mass is 9.65. The van der Waals surface area contributed by atoms with E-state index in [4.69, 9.17) is 9.47 Å². The standard InChI is InChI=1S/C36H50N2O5/c1-7-8-9-10-11-14-20-38-30-22-31(35(3,4)5)43-25(2)36(30,34(41)42-6)23-28(33(38)40)21-32(39)37-24-27-18-15-17-26-16-12-13-19-29(26)27/h12-13,15-19,22,25,28,31H,7-11,14,20-21,23-24H2,1-6H3,(H,37,39)/t25-,28+,31-,36+/m1/s1. The van der Waals surface area contributed by atoms with Gasteiger partial charge in [-0.15, -0.1) is 0 Å². The highest BCUT2D eigenvalue weighted by Gasteiger charge is 2.60. The van der Waals surface area contributed by atoms with Gasteiger partial charge in [-0.05, 0) is 47.6 Å². The molecule has 2 heterocycles. The molecular formula is C36H50N2O5. The van der Waals surface area contributed by atoms with Crippen LogP contribution in [0.4, 0.5) is 0 Å². The summed E-state index contributed by atoms with van der Waals surface area (Å²) in [6, 6.07) is 14.1. The maximum absolute atomic E-state index is 14.2. The lowest BCUT2D eigenvalue weighted by Crippen LogP contribution is -2.61. The number of benzene rings is 2. The molecular weight excluding hydrogens is 540 g/mol. The van der Waals surface area contributed by atoms with Crippen LogP contribution in [0.25, 0.3) is 10.8 Å². The SMILES string of the molecule is CCCCCCCCN1C(=O)[C@@H](CC(=O)NCc2cccc3ccccc23)C[C@@]2(C(=O)OC)C1=C[C@H](C(C)(C)C)O[C@@H]2C. The Morgan fingerprint density at radius 1 is 1.05 bits per heavy atom. The number of rotatable bonds is 12. The molecule has 7 nitrogen and oxygen atoms in total. The number of carbonyl (C=O) groups is 3. The maximum atomic E-state index is 14.2. The average Bonchev–Trinajstić information content (AvgIpc) is 2.98. The van der Waals surface area contributed by atoms with Gasteiger partial charge in [-0.3, -0.25) is 14.4 Å². The van der Waals surface area contributed by atoms with Crippen molar-refractivity contribution in [1.29, 1.82) is 0 Å². The number of hydrogen-bond donors (Lipinski definition) is 1. The van der Waals surface area contributed by atoms with Gasteiger partial charge in [0.2, 0.25) is 11.8 Å². The van der Waals surface area contributed by atoms with Crippen molar-refractivity contribution in [3.8, 4) is 0 Å². The molecule has 4 atom stereocenters. The summed E-state index contributed by atoms with van der Waals surface area (Å²) in [6.07, 6.45) is 7.87. The van der Waals surface area contributed by atoms with Crippen LogP contribution in [0, 0.1) is 16.7 Å². The van der Waals surface area contributed by atoms with Crippen molar-refractivity contribution in [2.24, 2.45) is 16.7 Å². The fourth-order valence-electron chi connectivity index (χ4n) is 6.66. The first-order valence-electron chi connectivity index (χ1n) is 16.0. The molecule has 234 valence electrons. The maximum Gasteiger partial charge on any atom is 0.320 e. The number of fused-ring (bicyclic) bond motifs is 2. The molecule has 1 fully saturated rings. The number of likely N-dealkylation sites (tertiary alicyclic amines) is 1. The third kappa shape index (κ3) is 7.14. The van der Waals surface area contributed by atoms with E-state index in [1.165, 1.54) is 26.4 Å². The number of nitrogens with one attached hydrogen (secondary N) is 1. The van der Waals surface area contributed by atoms with Crippen molar-refractivity contribution < 1.29 is 23.9 Å². The summed E-state index contributed by atoms with van der Waals surface area (Å²) < 4.78 is 11.9. The zero-order chi connectivity index (χ0) is 31.2. The van der Waals surface area contributed by atoms with Gasteiger partial charge in [0.25, 0.3) is 0 Å². The molecule has 1 N–H and O–H groups in total. The summed E-state index contributed by atoms with van der Waals surface area (Å²) in [5.74, 6) is -1.39. The van der Waals surface area contributed by atoms with E-state index in [2.05, 4.69) is 45.1 Å². The largest absolute Gasteiger partial charge is 0.468 e. The average molecular weight is 591 g/mol. The van der Waals surface area contributed by atoms with Gasteiger partial charge in [-0.2, -0.15) is 0 Å². The highest BCUT2D eigenvalue weighted by Crippen LogP contribution is 2.51. The third-order valence-corrected chi connectivity index (χ3v) is 9.21. The quantitative estimate of drug-likeness (QED) is 0.214. The van der Waals surface area contributed by atoms with Gasteiger partial charge in [0.15, 0.2) is 0 Å². The van der Waals surface area contributed by atoms with Crippen LogP contribution in [-0.2, 0) is 30.4 Å². The number of piperidine rings is 1. The van der Waals surface area contributed by atoms with Crippen LogP contribution in [0.3, 0.4) is 0 Å². The number of unbranched alkanes of at least 4 members (excludes halogenated alkanes) is 5. The number of carbonyl (C=O) groups excluding carboxylic acids is 3. The van der Waals surface area contributed by atoms with E-state index in [0.29, 0.717) is 18.8 Å². The summed E-state index contributed by atoms with van der Waals surface area (Å²) in [5.41, 5.74) is 0.318. The number of ether oxygens (including phenoxy) is 2. The Kier molecular flexibility index (Phi) is 10.7. The summed E-state index contributed by atoms with van der Waals surface area (Å²) >= 11 is 0. The highest BCUT2D eigenvalue weighted by atomic mass is 16.5. The minimum atomic E-state index is -1.16. The van der Waals surface area contributed by atoms with E-state index in [0.717, 1.165) is 35.6 Å². The van der Waals surface area contributed by atoms with E-state index in [-0.39, 0.29) is 36.2 Å². The lowest BCUT2D eigenvalue weighted by molar-refractivity contribution is -0.180. The van der Waals surface area contributed by atoms with Gasteiger partial charge in [0.1, 0.15) is 5.41 Å². The predicted molar refractivity (Wildman–Crippen MR) is 170 cm³/mol. The minimum absolute atomic E-state index is 0.00194. The fraction of sp³-hybridized carbons (Fsp3) is 0.583. The topological polar surface area (TPSA) is 84.9 Å². The molecule has 2 amide bonds. The Morgan fingerprint density at radius 2 is 1.74 bits per heavy atom. The zero-order valence-corrected chi connectivity index (χ0v) is 26.9. The van der Waals surface area contributed by atoms with E-state index in [9.17, 15) is 14.4 Å². The number of methoxy groups -OCH3 is 1. The predicted octanol–water partition coefficient (Wildman–Crippen LogP) is 6.93. The van der Waals surface area contributed by atoms with E-state index in [1.54, 1.807) is 4.90 Å². The first kappa shape index (κ1) is 32.7. The minimum Gasteiger partial charge on any atom is -0.468 e. The van der Waals surface area contributed by atoms with Crippen molar-refractivity contribution in [1.82, 2.24) is 10.2 Å². The molecule has 0 unspecified atom stereocenters. The molecule has 1 saturated heterocycles. The van der Waals surface area contributed by atoms with Crippen LogP contribution in [0.15, 0.2) is 54.2 Å². The normalized spacial score (nSPS) is 24.0. The molecule has 0 bridgehead atoms. The number of nitrogens with zero attached hydrogens (tertiary/aromatic N) is 1. The van der Waals surface area contributed by atoms with Crippen molar-refractivity contribution in [3.63, 3.8) is 0 Å². The van der Waals surface area contributed by atoms with E-state index < -0.39 is 23.4 Å². The second-order valence-corrected chi connectivity index (χ2v) is 13.4. The van der Waals surface area contributed by atoms with Crippen molar-refractivity contribution in [2.45, 2.75) is 105 Å². The Balaban J connectivity index is 1.59. The molecule has 4 rings (SSSR count). The molecule has 0 aliphatic carbocycles. The Labute approximate surface area is 257 Å². The van der Waals surface area contributed by atoms with Crippen LogP contribution in [0.5, 0.6) is 0 Å². The van der Waals surface area contributed by atoms with Gasteiger partial charge in [0.05, 0.1) is 19.3 Å².